The number of halogens is 2. The van der Waals surface area contributed by atoms with E-state index in [-0.39, 0.29) is 28.0 Å². The second-order valence-corrected chi connectivity index (χ2v) is 10.7. The Morgan fingerprint density at radius 2 is 1.79 bits per heavy atom. The smallest absolute Gasteiger partial charge is 0.245 e. The maximum Gasteiger partial charge on any atom is 0.245 e. The van der Waals surface area contributed by atoms with Crippen LogP contribution in [0.15, 0.2) is 47.4 Å². The van der Waals surface area contributed by atoms with Gasteiger partial charge in [-0.2, -0.15) is 4.31 Å². The number of amides is 1. The summed E-state index contributed by atoms with van der Waals surface area (Å²) >= 11 is 12.1. The van der Waals surface area contributed by atoms with Crippen molar-refractivity contribution >= 4 is 50.5 Å². The second kappa shape index (κ2) is 12.0. The summed E-state index contributed by atoms with van der Waals surface area (Å²) in [7, 11) is -2.51. The summed E-state index contributed by atoms with van der Waals surface area (Å²) in [6, 6.07) is 11.8. The van der Waals surface area contributed by atoms with E-state index in [1.54, 1.807) is 0 Å². The molecule has 10 heteroatoms. The van der Waals surface area contributed by atoms with E-state index < -0.39 is 15.9 Å². The van der Waals surface area contributed by atoms with Gasteiger partial charge < -0.3 is 15.0 Å². The van der Waals surface area contributed by atoms with Gasteiger partial charge in [0.25, 0.3) is 0 Å². The Morgan fingerprint density at radius 1 is 1.09 bits per heavy atom. The number of benzene rings is 2. The lowest BCUT2D eigenvalue weighted by molar-refractivity contribution is -0.116. The Kier molecular flexibility index (Phi) is 9.40. The molecule has 1 fully saturated rings. The third-order valence-corrected chi connectivity index (χ3v) is 8.02. The van der Waals surface area contributed by atoms with Gasteiger partial charge in [0.15, 0.2) is 0 Å². The first-order valence-electron chi connectivity index (χ1n) is 10.9. The molecule has 0 radical (unpaired) electrons. The zero-order valence-electron chi connectivity index (χ0n) is 18.6. The van der Waals surface area contributed by atoms with Gasteiger partial charge in [0, 0.05) is 49.7 Å². The normalized spacial score (nSPS) is 14.5. The van der Waals surface area contributed by atoms with Crippen LogP contribution >= 0.6 is 23.2 Å². The molecule has 7 nitrogen and oxygen atoms in total. The minimum absolute atomic E-state index is 0.0462. The molecule has 0 unspecified atom stereocenters. The maximum atomic E-state index is 13.3. The summed E-state index contributed by atoms with van der Waals surface area (Å²) in [6.07, 6.45) is 4.05. The molecule has 1 amide bonds. The van der Waals surface area contributed by atoms with Crippen molar-refractivity contribution in [2.75, 3.05) is 50.1 Å². The van der Waals surface area contributed by atoms with E-state index in [0.717, 1.165) is 23.1 Å². The van der Waals surface area contributed by atoms with Crippen molar-refractivity contribution < 1.29 is 17.9 Å². The summed E-state index contributed by atoms with van der Waals surface area (Å²) < 4.78 is 32.7. The molecule has 33 heavy (non-hydrogen) atoms. The number of piperidine rings is 1. The molecule has 1 aliphatic heterocycles. The molecule has 0 saturated carbocycles. The van der Waals surface area contributed by atoms with E-state index in [1.165, 1.54) is 44.6 Å². The molecule has 0 aliphatic carbocycles. The molecule has 0 atom stereocenters. The number of hydrogen-bond acceptors (Lipinski definition) is 5. The Balaban J connectivity index is 1.71. The van der Waals surface area contributed by atoms with E-state index >= 15 is 0 Å². The number of nitrogens with zero attached hydrogens (tertiary/aromatic N) is 2. The lowest BCUT2D eigenvalue weighted by Gasteiger charge is -2.28. The molecule has 0 bridgehead atoms. The molecular formula is C23H29Cl2N3O4S. The third-order valence-electron chi connectivity index (χ3n) is 5.46. The zero-order chi connectivity index (χ0) is 23.8. The molecule has 180 valence electrons. The maximum absolute atomic E-state index is 13.3. The van der Waals surface area contributed by atoms with Crippen molar-refractivity contribution in [1.82, 2.24) is 4.31 Å². The number of anilines is 2. The molecule has 2 aromatic rings. The standard InChI is InChI=1S/C23H29Cl2N3O4S/c1-32-15-5-14-28(33(30,31)22-16-18(24)6-11-21(22)25)17-23(29)26-19-7-9-20(10-8-19)27-12-3-2-4-13-27/h6-11,16H,2-5,12-15,17H2,1H3,(H,26,29). The van der Waals surface area contributed by atoms with E-state index in [0.29, 0.717) is 18.7 Å². The van der Waals surface area contributed by atoms with Crippen LogP contribution in [0.2, 0.25) is 10.0 Å². The Morgan fingerprint density at radius 3 is 2.45 bits per heavy atom. The summed E-state index contributed by atoms with van der Waals surface area (Å²) in [5, 5.41) is 3.08. The topological polar surface area (TPSA) is 79.0 Å². The van der Waals surface area contributed by atoms with Gasteiger partial charge in [0.2, 0.25) is 15.9 Å². The first kappa shape index (κ1) is 25.8. The van der Waals surface area contributed by atoms with Crippen molar-refractivity contribution in [3.05, 3.63) is 52.5 Å². The van der Waals surface area contributed by atoms with Crippen LogP contribution in [0.1, 0.15) is 25.7 Å². The van der Waals surface area contributed by atoms with Gasteiger partial charge in [-0.15, -0.1) is 0 Å². The van der Waals surface area contributed by atoms with Crippen LogP contribution in [0, 0.1) is 0 Å². The second-order valence-electron chi connectivity index (χ2n) is 7.90. The number of rotatable bonds is 10. The van der Waals surface area contributed by atoms with Crippen LogP contribution in [0.3, 0.4) is 0 Å². The fourth-order valence-electron chi connectivity index (χ4n) is 3.75. The molecule has 1 saturated heterocycles. The van der Waals surface area contributed by atoms with Crippen molar-refractivity contribution in [2.24, 2.45) is 0 Å². The molecule has 2 aromatic carbocycles. The van der Waals surface area contributed by atoms with Crippen molar-refractivity contribution in [1.29, 1.82) is 0 Å². The van der Waals surface area contributed by atoms with Crippen LogP contribution in [0.5, 0.6) is 0 Å². The fourth-order valence-corrected chi connectivity index (χ4v) is 5.92. The largest absolute Gasteiger partial charge is 0.385 e. The highest BCUT2D eigenvalue weighted by Gasteiger charge is 2.28. The van der Waals surface area contributed by atoms with Gasteiger partial charge in [0.1, 0.15) is 4.90 Å². The summed E-state index contributed by atoms with van der Waals surface area (Å²) in [5.74, 6) is -0.445. The van der Waals surface area contributed by atoms with E-state index in [1.807, 2.05) is 24.3 Å². The van der Waals surface area contributed by atoms with E-state index in [2.05, 4.69) is 10.2 Å². The van der Waals surface area contributed by atoms with E-state index in [9.17, 15) is 13.2 Å². The number of methoxy groups -OCH3 is 1. The van der Waals surface area contributed by atoms with Crippen molar-refractivity contribution in [3.63, 3.8) is 0 Å². The monoisotopic (exact) mass is 513 g/mol. The number of nitrogens with one attached hydrogen (secondary N) is 1. The highest BCUT2D eigenvalue weighted by molar-refractivity contribution is 7.89. The molecule has 0 spiro atoms. The van der Waals surface area contributed by atoms with Crippen LogP contribution in [-0.4, -0.2) is 58.5 Å². The number of hydrogen-bond donors (Lipinski definition) is 1. The van der Waals surface area contributed by atoms with Crippen LogP contribution in [-0.2, 0) is 19.6 Å². The van der Waals surface area contributed by atoms with Crippen LogP contribution in [0.25, 0.3) is 0 Å². The van der Waals surface area contributed by atoms with Crippen molar-refractivity contribution in [2.45, 2.75) is 30.6 Å². The third kappa shape index (κ3) is 7.07. The Hall–Kier alpha value is -1.84. The number of carbonyl (C=O) groups is 1. The lowest BCUT2D eigenvalue weighted by atomic mass is 10.1. The van der Waals surface area contributed by atoms with E-state index in [4.69, 9.17) is 27.9 Å². The van der Waals surface area contributed by atoms with Gasteiger partial charge in [-0.25, -0.2) is 8.42 Å². The summed E-state index contributed by atoms with van der Waals surface area (Å²) in [4.78, 5) is 14.9. The Labute approximate surface area is 205 Å². The van der Waals surface area contributed by atoms with Gasteiger partial charge in [0.05, 0.1) is 11.6 Å². The minimum atomic E-state index is -4.05. The van der Waals surface area contributed by atoms with Gasteiger partial charge in [-0.1, -0.05) is 23.2 Å². The highest BCUT2D eigenvalue weighted by atomic mass is 35.5. The van der Waals surface area contributed by atoms with Gasteiger partial charge in [-0.05, 0) is 68.1 Å². The number of sulfonamides is 1. The first-order valence-corrected chi connectivity index (χ1v) is 13.1. The molecule has 1 N–H and O–H groups in total. The average molecular weight is 514 g/mol. The molecule has 3 rings (SSSR count). The van der Waals surface area contributed by atoms with Crippen LogP contribution in [0.4, 0.5) is 11.4 Å². The van der Waals surface area contributed by atoms with Crippen LogP contribution < -0.4 is 10.2 Å². The van der Waals surface area contributed by atoms with Crippen molar-refractivity contribution in [3.8, 4) is 0 Å². The quantitative estimate of drug-likeness (QED) is 0.467. The molecule has 0 aromatic heterocycles. The predicted molar refractivity (Wildman–Crippen MR) is 133 cm³/mol. The summed E-state index contributed by atoms with van der Waals surface area (Å²) in [6.45, 7) is 2.16. The zero-order valence-corrected chi connectivity index (χ0v) is 20.9. The lowest BCUT2D eigenvalue weighted by Crippen LogP contribution is -2.39. The minimum Gasteiger partial charge on any atom is -0.385 e. The number of carbonyl (C=O) groups excluding carboxylic acids is 1. The highest BCUT2D eigenvalue weighted by Crippen LogP contribution is 2.28. The molecular weight excluding hydrogens is 485 g/mol. The molecule has 1 heterocycles. The Bertz CT molecular complexity index is 1040. The van der Waals surface area contributed by atoms with Gasteiger partial charge in [-0.3, -0.25) is 4.79 Å². The molecule has 1 aliphatic rings. The first-order chi connectivity index (χ1) is 15.8. The average Bonchev–Trinajstić information content (AvgIpc) is 2.81. The SMILES string of the molecule is COCCCN(CC(=O)Nc1ccc(N2CCCCC2)cc1)S(=O)(=O)c1cc(Cl)ccc1Cl. The predicted octanol–water partition coefficient (Wildman–Crippen LogP) is 4.65. The summed E-state index contributed by atoms with van der Waals surface area (Å²) in [5.41, 5.74) is 1.72. The number of ether oxygens (including phenoxy) is 1. The van der Waals surface area contributed by atoms with Gasteiger partial charge >= 0.3 is 0 Å². The fraction of sp³-hybridized carbons (Fsp3) is 0.435.